The Morgan fingerprint density at radius 1 is 0.931 bits per heavy atom. The molecule has 3 aliphatic rings. The molecule has 0 bridgehead atoms. The number of benzene rings is 1. The molecule has 1 aromatic carbocycles. The monoisotopic (exact) mass is 398 g/mol. The zero-order chi connectivity index (χ0) is 20.9. The van der Waals surface area contributed by atoms with E-state index in [0.29, 0.717) is 11.1 Å². The SMILES string of the molecule is CC(C)(C)N1CCN(c2ccc3c(c2)C(=O)N([C@@H]2CCC(=O)NC2=O)C3=O)CC1. The number of piperidine rings is 1. The first kappa shape index (κ1) is 19.6. The summed E-state index contributed by atoms with van der Waals surface area (Å²) in [6.07, 6.45) is 0.283. The molecule has 3 aliphatic heterocycles. The molecule has 154 valence electrons. The number of nitrogens with one attached hydrogen (secondary N) is 1. The van der Waals surface area contributed by atoms with E-state index in [1.807, 2.05) is 6.07 Å². The van der Waals surface area contributed by atoms with Gasteiger partial charge in [-0.3, -0.25) is 34.3 Å². The van der Waals surface area contributed by atoms with E-state index in [1.54, 1.807) is 12.1 Å². The number of nitrogens with zero attached hydrogens (tertiary/aromatic N) is 3. The second-order valence-corrected chi connectivity index (χ2v) is 8.82. The Balaban J connectivity index is 1.53. The van der Waals surface area contributed by atoms with Gasteiger partial charge in [0, 0.05) is 43.8 Å². The van der Waals surface area contributed by atoms with Crippen LogP contribution in [0.1, 0.15) is 54.3 Å². The summed E-state index contributed by atoms with van der Waals surface area (Å²) in [5, 5.41) is 2.22. The molecular formula is C21H26N4O4. The summed E-state index contributed by atoms with van der Waals surface area (Å²) >= 11 is 0. The molecule has 2 saturated heterocycles. The molecule has 4 rings (SSSR count). The Hall–Kier alpha value is -2.74. The second-order valence-electron chi connectivity index (χ2n) is 8.82. The van der Waals surface area contributed by atoms with Crippen LogP contribution in [0.4, 0.5) is 5.69 Å². The lowest BCUT2D eigenvalue weighted by Crippen LogP contribution is -2.54. The van der Waals surface area contributed by atoms with Crippen molar-refractivity contribution in [2.75, 3.05) is 31.1 Å². The maximum atomic E-state index is 13.0. The van der Waals surface area contributed by atoms with Crippen LogP contribution in [-0.2, 0) is 9.59 Å². The topological polar surface area (TPSA) is 90.0 Å². The van der Waals surface area contributed by atoms with Crippen molar-refractivity contribution in [1.29, 1.82) is 0 Å². The summed E-state index contributed by atoms with van der Waals surface area (Å²) in [6.45, 7) is 10.1. The summed E-state index contributed by atoms with van der Waals surface area (Å²) in [6, 6.07) is 4.37. The Bertz CT molecular complexity index is 896. The minimum Gasteiger partial charge on any atom is -0.369 e. The highest BCUT2D eigenvalue weighted by atomic mass is 16.2. The summed E-state index contributed by atoms with van der Waals surface area (Å²) < 4.78 is 0. The van der Waals surface area contributed by atoms with Crippen LogP contribution in [-0.4, -0.2) is 71.2 Å². The zero-order valence-corrected chi connectivity index (χ0v) is 17.0. The molecule has 0 aliphatic carbocycles. The van der Waals surface area contributed by atoms with E-state index in [-0.39, 0.29) is 24.3 Å². The maximum absolute atomic E-state index is 13.0. The number of carbonyl (C=O) groups is 4. The van der Waals surface area contributed by atoms with Gasteiger partial charge in [-0.25, -0.2) is 0 Å². The Morgan fingerprint density at radius 3 is 2.21 bits per heavy atom. The van der Waals surface area contributed by atoms with Crippen molar-refractivity contribution in [2.24, 2.45) is 0 Å². The van der Waals surface area contributed by atoms with Gasteiger partial charge in [0.05, 0.1) is 11.1 Å². The third-order valence-electron chi connectivity index (χ3n) is 6.02. The van der Waals surface area contributed by atoms with Gasteiger partial charge in [0.2, 0.25) is 11.8 Å². The summed E-state index contributed by atoms with van der Waals surface area (Å²) in [5.74, 6) is -1.90. The van der Waals surface area contributed by atoms with Crippen LogP contribution in [0.15, 0.2) is 18.2 Å². The summed E-state index contributed by atoms with van der Waals surface area (Å²) in [4.78, 5) is 55.0. The highest BCUT2D eigenvalue weighted by molar-refractivity contribution is 6.23. The molecule has 0 aromatic heterocycles. The highest BCUT2D eigenvalue weighted by Gasteiger charge is 2.44. The molecule has 8 heteroatoms. The molecule has 1 N–H and O–H groups in total. The van der Waals surface area contributed by atoms with Gasteiger partial charge in [-0.1, -0.05) is 0 Å². The number of imide groups is 2. The largest absolute Gasteiger partial charge is 0.369 e. The Morgan fingerprint density at radius 2 is 1.59 bits per heavy atom. The van der Waals surface area contributed by atoms with Gasteiger partial charge in [-0.15, -0.1) is 0 Å². The first-order valence-electron chi connectivity index (χ1n) is 10.0. The van der Waals surface area contributed by atoms with Crippen LogP contribution < -0.4 is 10.2 Å². The van der Waals surface area contributed by atoms with E-state index in [2.05, 4.69) is 35.9 Å². The predicted molar refractivity (Wildman–Crippen MR) is 107 cm³/mol. The van der Waals surface area contributed by atoms with Crippen molar-refractivity contribution >= 4 is 29.3 Å². The first-order chi connectivity index (χ1) is 13.7. The highest BCUT2D eigenvalue weighted by Crippen LogP contribution is 2.31. The average molecular weight is 398 g/mol. The molecule has 2 fully saturated rings. The van der Waals surface area contributed by atoms with Crippen LogP contribution in [0.2, 0.25) is 0 Å². The molecule has 4 amide bonds. The molecule has 1 aromatic rings. The van der Waals surface area contributed by atoms with E-state index in [9.17, 15) is 19.2 Å². The van der Waals surface area contributed by atoms with Gasteiger partial charge in [-0.05, 0) is 45.4 Å². The number of anilines is 1. The number of amides is 4. The van der Waals surface area contributed by atoms with E-state index in [1.165, 1.54) is 0 Å². The molecule has 1 atom stereocenters. The van der Waals surface area contributed by atoms with Crippen LogP contribution in [0.25, 0.3) is 0 Å². The van der Waals surface area contributed by atoms with E-state index >= 15 is 0 Å². The molecule has 0 spiro atoms. The van der Waals surface area contributed by atoms with Gasteiger partial charge in [0.1, 0.15) is 6.04 Å². The third-order valence-corrected chi connectivity index (χ3v) is 6.02. The average Bonchev–Trinajstić information content (AvgIpc) is 2.92. The fourth-order valence-electron chi connectivity index (χ4n) is 4.29. The van der Waals surface area contributed by atoms with Crippen LogP contribution in [0.5, 0.6) is 0 Å². The summed E-state index contributed by atoms with van der Waals surface area (Å²) in [7, 11) is 0. The lowest BCUT2D eigenvalue weighted by atomic mass is 10.0. The normalized spacial score (nSPS) is 23.5. The van der Waals surface area contributed by atoms with Crippen molar-refractivity contribution in [3.05, 3.63) is 29.3 Å². The molecule has 0 radical (unpaired) electrons. The van der Waals surface area contributed by atoms with Gasteiger partial charge in [-0.2, -0.15) is 0 Å². The smallest absolute Gasteiger partial charge is 0.262 e. The molecule has 8 nitrogen and oxygen atoms in total. The summed E-state index contributed by atoms with van der Waals surface area (Å²) in [5.41, 5.74) is 1.67. The molecule has 29 heavy (non-hydrogen) atoms. The van der Waals surface area contributed by atoms with Crippen molar-refractivity contribution < 1.29 is 19.2 Å². The molecular weight excluding hydrogens is 372 g/mol. The fraction of sp³-hybridized carbons (Fsp3) is 0.524. The number of carbonyl (C=O) groups excluding carboxylic acids is 4. The third kappa shape index (κ3) is 3.42. The lowest BCUT2D eigenvalue weighted by Gasteiger charge is -2.43. The predicted octanol–water partition coefficient (Wildman–Crippen LogP) is 1.01. The Labute approximate surface area is 169 Å². The van der Waals surface area contributed by atoms with Crippen molar-refractivity contribution in [1.82, 2.24) is 15.1 Å². The lowest BCUT2D eigenvalue weighted by molar-refractivity contribution is -0.136. The Kier molecular flexibility index (Phi) is 4.69. The molecule has 3 heterocycles. The number of hydrogen-bond donors (Lipinski definition) is 1. The zero-order valence-electron chi connectivity index (χ0n) is 17.0. The number of piperazine rings is 1. The van der Waals surface area contributed by atoms with Gasteiger partial charge in [0.25, 0.3) is 11.8 Å². The van der Waals surface area contributed by atoms with E-state index in [0.717, 1.165) is 36.8 Å². The van der Waals surface area contributed by atoms with E-state index < -0.39 is 23.8 Å². The number of hydrogen-bond acceptors (Lipinski definition) is 6. The molecule has 0 saturated carbocycles. The number of fused-ring (bicyclic) bond motifs is 1. The minimum atomic E-state index is -0.932. The maximum Gasteiger partial charge on any atom is 0.262 e. The van der Waals surface area contributed by atoms with Crippen molar-refractivity contribution in [3.63, 3.8) is 0 Å². The van der Waals surface area contributed by atoms with Crippen molar-refractivity contribution in [3.8, 4) is 0 Å². The van der Waals surface area contributed by atoms with Gasteiger partial charge >= 0.3 is 0 Å². The quantitative estimate of drug-likeness (QED) is 0.748. The second kappa shape index (κ2) is 6.95. The van der Waals surface area contributed by atoms with E-state index in [4.69, 9.17) is 0 Å². The number of rotatable bonds is 2. The standard InChI is InChI=1S/C21H26N4O4/c1-21(2,3)24-10-8-23(9-11-24)13-4-5-14-15(12-13)20(29)25(19(14)28)16-6-7-17(26)22-18(16)27/h4-5,12,16H,6-11H2,1-3H3,(H,22,26,27)/t16-/m1/s1. The minimum absolute atomic E-state index is 0.118. The van der Waals surface area contributed by atoms with Gasteiger partial charge < -0.3 is 4.90 Å². The molecule has 0 unspecified atom stereocenters. The van der Waals surface area contributed by atoms with Crippen LogP contribution in [0.3, 0.4) is 0 Å². The van der Waals surface area contributed by atoms with Crippen LogP contribution in [0, 0.1) is 0 Å². The van der Waals surface area contributed by atoms with Crippen molar-refractivity contribution in [2.45, 2.75) is 45.2 Å². The van der Waals surface area contributed by atoms with Crippen LogP contribution >= 0.6 is 0 Å². The first-order valence-corrected chi connectivity index (χ1v) is 10.0. The fourth-order valence-corrected chi connectivity index (χ4v) is 4.29. The van der Waals surface area contributed by atoms with Gasteiger partial charge in [0.15, 0.2) is 0 Å².